The van der Waals surface area contributed by atoms with E-state index >= 15 is 0 Å². The number of hydrogen-bond donors (Lipinski definition) is 1. The largest absolute Gasteiger partial charge is 0.437 e. The average molecular weight is 292 g/mol. The van der Waals surface area contributed by atoms with Crippen molar-refractivity contribution in [2.75, 3.05) is 5.73 Å². The van der Waals surface area contributed by atoms with Crippen LogP contribution in [0, 0.1) is 6.92 Å². The Hall–Kier alpha value is -1.81. The van der Waals surface area contributed by atoms with Gasteiger partial charge in [-0.3, -0.25) is 0 Å². The molecule has 106 valence electrons. The quantitative estimate of drug-likeness (QED) is 0.904. The summed E-state index contributed by atoms with van der Waals surface area (Å²) in [5.74, 6) is 1.96. The third-order valence-electron chi connectivity index (χ3n) is 2.70. The first-order chi connectivity index (χ1) is 9.25. The zero-order valence-electron chi connectivity index (χ0n) is 12.1. The second-order valence-corrected chi connectivity index (χ2v) is 6.15. The van der Waals surface area contributed by atoms with E-state index in [1.54, 1.807) is 6.07 Å². The van der Waals surface area contributed by atoms with Crippen LogP contribution in [-0.4, -0.2) is 9.97 Å². The fourth-order valence-corrected chi connectivity index (χ4v) is 1.91. The van der Waals surface area contributed by atoms with Crippen LogP contribution in [0.25, 0.3) is 0 Å². The van der Waals surface area contributed by atoms with Gasteiger partial charge in [-0.15, -0.1) is 0 Å². The van der Waals surface area contributed by atoms with Gasteiger partial charge in [0.05, 0.1) is 5.02 Å². The van der Waals surface area contributed by atoms with Crippen molar-refractivity contribution in [1.29, 1.82) is 0 Å². The van der Waals surface area contributed by atoms with E-state index in [9.17, 15) is 0 Å². The second kappa shape index (κ2) is 5.29. The Kier molecular flexibility index (Phi) is 3.86. The summed E-state index contributed by atoms with van der Waals surface area (Å²) in [6.45, 7) is 8.02. The molecule has 0 atom stereocenters. The maximum atomic E-state index is 6.15. The lowest BCUT2D eigenvalue weighted by Crippen LogP contribution is -2.17. The van der Waals surface area contributed by atoms with Crippen LogP contribution in [0.2, 0.25) is 5.02 Å². The van der Waals surface area contributed by atoms with Crippen molar-refractivity contribution in [2.45, 2.75) is 33.1 Å². The highest BCUT2D eigenvalue weighted by atomic mass is 35.5. The van der Waals surface area contributed by atoms with Crippen molar-refractivity contribution in [3.05, 3.63) is 40.7 Å². The van der Waals surface area contributed by atoms with E-state index < -0.39 is 0 Å². The molecule has 0 aliphatic rings. The minimum absolute atomic E-state index is 0.204. The molecule has 2 N–H and O–H groups in total. The molecule has 4 nitrogen and oxygen atoms in total. The molecular weight excluding hydrogens is 274 g/mol. The number of anilines is 1. The summed E-state index contributed by atoms with van der Waals surface area (Å²) >= 11 is 6.15. The Morgan fingerprint density at radius 3 is 2.45 bits per heavy atom. The van der Waals surface area contributed by atoms with E-state index in [-0.39, 0.29) is 5.41 Å². The lowest BCUT2D eigenvalue weighted by atomic mass is 9.96. The molecule has 0 unspecified atom stereocenters. The molecule has 5 heteroatoms. The van der Waals surface area contributed by atoms with Gasteiger partial charge < -0.3 is 10.5 Å². The third kappa shape index (κ3) is 3.39. The summed E-state index contributed by atoms with van der Waals surface area (Å²) in [5.41, 5.74) is 6.67. The van der Waals surface area contributed by atoms with Gasteiger partial charge in [-0.2, -0.15) is 4.98 Å². The Labute approximate surface area is 124 Å². The molecule has 0 spiro atoms. The van der Waals surface area contributed by atoms with E-state index in [0.29, 0.717) is 28.3 Å². The predicted octanol–water partition coefficient (Wildman–Crippen LogP) is 4.11. The molecule has 2 aromatic rings. The van der Waals surface area contributed by atoms with Crippen LogP contribution in [-0.2, 0) is 5.41 Å². The van der Waals surface area contributed by atoms with Gasteiger partial charge in [0.25, 0.3) is 0 Å². The van der Waals surface area contributed by atoms with Crippen molar-refractivity contribution >= 4 is 17.4 Å². The highest BCUT2D eigenvalue weighted by Crippen LogP contribution is 2.30. The SMILES string of the molecule is Cc1ccc(Oc2cc(N)nc(C(C)(C)C)n2)c(Cl)c1. The van der Waals surface area contributed by atoms with E-state index in [0.717, 1.165) is 5.56 Å². The van der Waals surface area contributed by atoms with Gasteiger partial charge in [0, 0.05) is 11.5 Å². The van der Waals surface area contributed by atoms with Crippen molar-refractivity contribution in [1.82, 2.24) is 9.97 Å². The van der Waals surface area contributed by atoms with Crippen molar-refractivity contribution < 1.29 is 4.74 Å². The molecule has 0 aliphatic carbocycles. The Morgan fingerprint density at radius 2 is 1.85 bits per heavy atom. The van der Waals surface area contributed by atoms with E-state index in [1.165, 1.54) is 0 Å². The fourth-order valence-electron chi connectivity index (χ4n) is 1.63. The average Bonchev–Trinajstić information content (AvgIpc) is 2.31. The number of aromatic nitrogens is 2. The first kappa shape index (κ1) is 14.6. The highest BCUT2D eigenvalue weighted by molar-refractivity contribution is 6.32. The smallest absolute Gasteiger partial charge is 0.224 e. The molecule has 0 amide bonds. The van der Waals surface area contributed by atoms with Gasteiger partial charge in [-0.1, -0.05) is 38.4 Å². The molecule has 0 saturated heterocycles. The molecular formula is C15H18ClN3O. The number of nitrogens with zero attached hydrogens (tertiary/aromatic N) is 2. The molecule has 1 aromatic carbocycles. The number of nitrogen functional groups attached to an aromatic ring is 1. The van der Waals surface area contributed by atoms with Crippen molar-refractivity contribution in [3.63, 3.8) is 0 Å². The summed E-state index contributed by atoms with van der Waals surface area (Å²) in [4.78, 5) is 8.63. The van der Waals surface area contributed by atoms with Crippen LogP contribution in [0.1, 0.15) is 32.2 Å². The lowest BCUT2D eigenvalue weighted by Gasteiger charge is -2.17. The molecule has 20 heavy (non-hydrogen) atoms. The number of benzene rings is 1. The van der Waals surface area contributed by atoms with Crippen LogP contribution in [0.15, 0.2) is 24.3 Å². The number of ether oxygens (including phenoxy) is 1. The molecule has 0 bridgehead atoms. The Balaban J connectivity index is 2.36. The highest BCUT2D eigenvalue weighted by Gasteiger charge is 2.19. The fraction of sp³-hybridized carbons (Fsp3) is 0.333. The van der Waals surface area contributed by atoms with Crippen LogP contribution in [0.5, 0.6) is 11.6 Å². The van der Waals surface area contributed by atoms with Crippen LogP contribution in [0.3, 0.4) is 0 Å². The zero-order valence-corrected chi connectivity index (χ0v) is 12.8. The van der Waals surface area contributed by atoms with Gasteiger partial charge in [0.1, 0.15) is 17.4 Å². The maximum Gasteiger partial charge on any atom is 0.224 e. The lowest BCUT2D eigenvalue weighted by molar-refractivity contribution is 0.447. The summed E-state index contributed by atoms with van der Waals surface area (Å²) in [6, 6.07) is 7.17. The first-order valence-electron chi connectivity index (χ1n) is 6.35. The molecule has 0 radical (unpaired) electrons. The summed E-state index contributed by atoms with van der Waals surface area (Å²) in [6.07, 6.45) is 0. The van der Waals surface area contributed by atoms with E-state index in [4.69, 9.17) is 22.1 Å². The summed E-state index contributed by atoms with van der Waals surface area (Å²) in [5, 5.41) is 0.541. The molecule has 2 rings (SSSR count). The maximum absolute atomic E-state index is 6.15. The Morgan fingerprint density at radius 1 is 1.15 bits per heavy atom. The molecule has 1 heterocycles. The van der Waals surface area contributed by atoms with E-state index in [2.05, 4.69) is 9.97 Å². The molecule has 1 aromatic heterocycles. The Bertz CT molecular complexity index is 636. The number of hydrogen-bond acceptors (Lipinski definition) is 4. The minimum Gasteiger partial charge on any atom is -0.437 e. The standard InChI is InChI=1S/C15H18ClN3O/c1-9-5-6-11(10(16)7-9)20-13-8-12(17)18-14(19-13)15(2,3)4/h5-8H,1-4H3,(H2,17,18,19). The molecule has 0 saturated carbocycles. The summed E-state index contributed by atoms with van der Waals surface area (Å²) in [7, 11) is 0. The van der Waals surface area contributed by atoms with Crippen LogP contribution < -0.4 is 10.5 Å². The number of rotatable bonds is 2. The second-order valence-electron chi connectivity index (χ2n) is 5.74. The first-order valence-corrected chi connectivity index (χ1v) is 6.72. The van der Waals surface area contributed by atoms with E-state index in [1.807, 2.05) is 45.9 Å². The number of nitrogens with two attached hydrogens (primary N) is 1. The van der Waals surface area contributed by atoms with Crippen molar-refractivity contribution in [3.8, 4) is 11.6 Å². The normalized spacial score (nSPS) is 11.4. The monoisotopic (exact) mass is 291 g/mol. The third-order valence-corrected chi connectivity index (χ3v) is 2.99. The van der Waals surface area contributed by atoms with Gasteiger partial charge in [0.2, 0.25) is 5.88 Å². The number of halogens is 1. The van der Waals surface area contributed by atoms with Gasteiger partial charge in [-0.25, -0.2) is 4.98 Å². The van der Waals surface area contributed by atoms with Gasteiger partial charge >= 0.3 is 0 Å². The van der Waals surface area contributed by atoms with Crippen LogP contribution in [0.4, 0.5) is 5.82 Å². The van der Waals surface area contributed by atoms with Crippen LogP contribution >= 0.6 is 11.6 Å². The van der Waals surface area contributed by atoms with Gasteiger partial charge in [-0.05, 0) is 24.6 Å². The predicted molar refractivity (Wildman–Crippen MR) is 81.4 cm³/mol. The minimum atomic E-state index is -0.204. The number of aryl methyl sites for hydroxylation is 1. The topological polar surface area (TPSA) is 61.0 Å². The zero-order chi connectivity index (χ0) is 14.9. The van der Waals surface area contributed by atoms with Crippen molar-refractivity contribution in [2.24, 2.45) is 0 Å². The molecule has 0 aliphatic heterocycles. The summed E-state index contributed by atoms with van der Waals surface area (Å²) < 4.78 is 5.72. The molecule has 0 fully saturated rings. The van der Waals surface area contributed by atoms with Gasteiger partial charge in [0.15, 0.2) is 0 Å².